The maximum Gasteiger partial charge on any atom is 0.234 e. The molecule has 6 heteroatoms. The first-order chi connectivity index (χ1) is 13.1. The zero-order chi connectivity index (χ0) is 18.8. The van der Waals surface area contributed by atoms with Gasteiger partial charge in [0, 0.05) is 23.3 Å². The van der Waals surface area contributed by atoms with Gasteiger partial charge in [-0.3, -0.25) is 14.5 Å². The number of carbonyl (C=O) groups is 2. The molecule has 0 saturated carbocycles. The summed E-state index contributed by atoms with van der Waals surface area (Å²) in [6, 6.07) is 17.1. The van der Waals surface area contributed by atoms with Crippen molar-refractivity contribution in [2.45, 2.75) is 26.4 Å². The highest BCUT2D eigenvalue weighted by Gasteiger charge is 2.30. The second-order valence-corrected chi connectivity index (χ2v) is 7.57. The van der Waals surface area contributed by atoms with Crippen molar-refractivity contribution in [1.29, 1.82) is 0 Å². The topological polar surface area (TPSA) is 59.5 Å². The van der Waals surface area contributed by atoms with Crippen molar-refractivity contribution < 1.29 is 14.3 Å². The fraction of sp³-hybridized carbons (Fsp3) is 0.190. The number of nitrogens with zero attached hydrogens (tertiary/aromatic N) is 2. The third kappa shape index (κ3) is 3.61. The lowest BCUT2D eigenvalue weighted by Gasteiger charge is -2.14. The number of thiazole rings is 1. The zero-order valence-electron chi connectivity index (χ0n) is 14.8. The summed E-state index contributed by atoms with van der Waals surface area (Å²) < 4.78 is 5.83. The number of anilines is 1. The minimum absolute atomic E-state index is 0.152. The molecule has 27 heavy (non-hydrogen) atoms. The summed E-state index contributed by atoms with van der Waals surface area (Å²) >= 11 is 1.62. The number of aromatic nitrogens is 1. The van der Waals surface area contributed by atoms with E-state index in [4.69, 9.17) is 9.72 Å². The Morgan fingerprint density at radius 2 is 1.67 bits per heavy atom. The molecule has 4 rings (SSSR count). The van der Waals surface area contributed by atoms with Gasteiger partial charge in [0.25, 0.3) is 0 Å². The molecule has 0 N–H and O–H groups in total. The number of rotatable bonds is 5. The first kappa shape index (κ1) is 17.4. The highest BCUT2D eigenvalue weighted by Crippen LogP contribution is 2.29. The standard InChI is InChI=1S/C21H18N2O3S/c1-14-21(15-5-3-2-4-6-15)22-18(27-14)13-26-17-9-7-16(8-10-17)23-19(24)11-12-20(23)25/h2-10H,11-13H2,1H3. The van der Waals surface area contributed by atoms with E-state index in [-0.39, 0.29) is 24.7 Å². The minimum Gasteiger partial charge on any atom is -0.486 e. The molecule has 2 aromatic carbocycles. The highest BCUT2D eigenvalue weighted by molar-refractivity contribution is 7.12. The number of ether oxygens (including phenoxy) is 1. The molecule has 3 aromatic rings. The van der Waals surface area contributed by atoms with Crippen LogP contribution in [0.2, 0.25) is 0 Å². The summed E-state index contributed by atoms with van der Waals surface area (Å²) in [7, 11) is 0. The van der Waals surface area contributed by atoms with E-state index in [0.29, 0.717) is 18.0 Å². The summed E-state index contributed by atoms with van der Waals surface area (Å²) in [4.78, 5) is 30.7. The molecule has 2 amide bonds. The number of hydrogen-bond acceptors (Lipinski definition) is 5. The summed E-state index contributed by atoms with van der Waals surface area (Å²) in [6.07, 6.45) is 0.564. The Balaban J connectivity index is 1.44. The molecule has 1 aliphatic heterocycles. The summed E-state index contributed by atoms with van der Waals surface area (Å²) in [5.74, 6) is 0.368. The quantitative estimate of drug-likeness (QED) is 0.619. The zero-order valence-corrected chi connectivity index (χ0v) is 15.7. The minimum atomic E-state index is -0.152. The van der Waals surface area contributed by atoms with Gasteiger partial charge in [-0.05, 0) is 31.2 Å². The summed E-state index contributed by atoms with van der Waals surface area (Å²) in [5, 5.41) is 0.903. The smallest absolute Gasteiger partial charge is 0.234 e. The lowest BCUT2D eigenvalue weighted by Crippen LogP contribution is -2.28. The van der Waals surface area contributed by atoms with Crippen LogP contribution in [0.3, 0.4) is 0 Å². The van der Waals surface area contributed by atoms with E-state index in [2.05, 4.69) is 6.92 Å². The monoisotopic (exact) mass is 378 g/mol. The van der Waals surface area contributed by atoms with Gasteiger partial charge in [0.2, 0.25) is 11.8 Å². The van der Waals surface area contributed by atoms with Crippen molar-refractivity contribution in [3.05, 3.63) is 64.5 Å². The normalized spacial score (nSPS) is 14.0. The van der Waals surface area contributed by atoms with Crippen molar-refractivity contribution in [1.82, 2.24) is 4.98 Å². The average Bonchev–Trinajstić information content (AvgIpc) is 3.23. The molecule has 0 atom stereocenters. The fourth-order valence-corrected chi connectivity index (χ4v) is 3.95. The van der Waals surface area contributed by atoms with Gasteiger partial charge < -0.3 is 4.74 Å². The number of aryl methyl sites for hydroxylation is 1. The third-order valence-electron chi connectivity index (χ3n) is 4.40. The molecular weight excluding hydrogens is 360 g/mol. The maximum absolute atomic E-state index is 11.8. The van der Waals surface area contributed by atoms with Crippen LogP contribution in [-0.2, 0) is 16.2 Å². The molecule has 1 fully saturated rings. The number of hydrogen-bond donors (Lipinski definition) is 0. The molecule has 0 bridgehead atoms. The van der Waals surface area contributed by atoms with E-state index in [9.17, 15) is 9.59 Å². The largest absolute Gasteiger partial charge is 0.486 e. The molecule has 136 valence electrons. The van der Waals surface area contributed by atoms with Gasteiger partial charge in [-0.2, -0.15) is 0 Å². The van der Waals surface area contributed by atoms with Gasteiger partial charge >= 0.3 is 0 Å². The Bertz CT molecular complexity index is 964. The van der Waals surface area contributed by atoms with E-state index >= 15 is 0 Å². The van der Waals surface area contributed by atoms with Crippen molar-refractivity contribution in [2.24, 2.45) is 0 Å². The molecule has 1 aromatic heterocycles. The van der Waals surface area contributed by atoms with Crippen molar-refractivity contribution >= 4 is 28.8 Å². The molecule has 0 unspecified atom stereocenters. The highest BCUT2D eigenvalue weighted by atomic mass is 32.1. The number of imide groups is 1. The van der Waals surface area contributed by atoms with Gasteiger partial charge in [-0.1, -0.05) is 30.3 Å². The van der Waals surface area contributed by atoms with Gasteiger partial charge in [-0.25, -0.2) is 4.98 Å². The predicted molar refractivity (Wildman–Crippen MR) is 105 cm³/mol. The number of amides is 2. The van der Waals surface area contributed by atoms with E-state index in [0.717, 1.165) is 21.1 Å². The van der Waals surface area contributed by atoms with Crippen molar-refractivity contribution in [2.75, 3.05) is 4.90 Å². The number of carbonyl (C=O) groups excluding carboxylic acids is 2. The van der Waals surface area contributed by atoms with E-state index < -0.39 is 0 Å². The Kier molecular flexibility index (Phi) is 4.73. The van der Waals surface area contributed by atoms with Crippen LogP contribution in [0.25, 0.3) is 11.3 Å². The van der Waals surface area contributed by atoms with Gasteiger partial charge in [0.15, 0.2) is 0 Å². The predicted octanol–water partition coefficient (Wildman–Crippen LogP) is 4.35. The SMILES string of the molecule is Cc1sc(COc2ccc(N3C(=O)CCC3=O)cc2)nc1-c1ccccc1. The molecule has 0 radical (unpaired) electrons. The average molecular weight is 378 g/mol. The van der Waals surface area contributed by atoms with Gasteiger partial charge in [-0.15, -0.1) is 11.3 Å². The molecule has 0 aliphatic carbocycles. The van der Waals surface area contributed by atoms with Crippen LogP contribution in [0.1, 0.15) is 22.7 Å². The Morgan fingerprint density at radius 3 is 2.33 bits per heavy atom. The molecular formula is C21H18N2O3S. The van der Waals surface area contributed by atoms with Crippen molar-refractivity contribution in [3.63, 3.8) is 0 Å². The van der Waals surface area contributed by atoms with Crippen molar-refractivity contribution in [3.8, 4) is 17.0 Å². The lowest BCUT2D eigenvalue weighted by atomic mass is 10.1. The molecule has 1 aliphatic rings. The van der Waals surface area contributed by atoms with E-state index in [1.54, 1.807) is 35.6 Å². The summed E-state index contributed by atoms with van der Waals surface area (Å²) in [5.41, 5.74) is 2.67. The lowest BCUT2D eigenvalue weighted by molar-refractivity contribution is -0.121. The molecule has 5 nitrogen and oxygen atoms in total. The van der Waals surface area contributed by atoms with Gasteiger partial charge in [0.05, 0.1) is 11.4 Å². The maximum atomic E-state index is 11.8. The van der Waals surface area contributed by atoms with Crippen LogP contribution in [0, 0.1) is 6.92 Å². The number of benzene rings is 2. The second kappa shape index (κ2) is 7.32. The molecule has 0 spiro atoms. The van der Waals surface area contributed by atoms with Crippen LogP contribution in [-0.4, -0.2) is 16.8 Å². The van der Waals surface area contributed by atoms with Crippen LogP contribution >= 0.6 is 11.3 Å². The van der Waals surface area contributed by atoms with Gasteiger partial charge in [0.1, 0.15) is 17.4 Å². The Morgan fingerprint density at radius 1 is 1.00 bits per heavy atom. The van der Waals surface area contributed by atoms with E-state index in [1.807, 2.05) is 30.3 Å². The van der Waals surface area contributed by atoms with Crippen LogP contribution in [0.5, 0.6) is 5.75 Å². The molecule has 1 saturated heterocycles. The van der Waals surface area contributed by atoms with Crippen LogP contribution in [0.4, 0.5) is 5.69 Å². The van der Waals surface area contributed by atoms with E-state index in [1.165, 1.54) is 4.90 Å². The summed E-state index contributed by atoms with van der Waals surface area (Å²) in [6.45, 7) is 2.43. The first-order valence-corrected chi connectivity index (χ1v) is 9.54. The van der Waals surface area contributed by atoms with Crippen LogP contribution in [0.15, 0.2) is 54.6 Å². The second-order valence-electron chi connectivity index (χ2n) is 6.28. The fourth-order valence-electron chi connectivity index (χ4n) is 3.08. The Labute approximate surface area is 161 Å². The Hall–Kier alpha value is -2.99. The van der Waals surface area contributed by atoms with Crippen LogP contribution < -0.4 is 9.64 Å². The third-order valence-corrected chi connectivity index (χ3v) is 5.34. The first-order valence-electron chi connectivity index (χ1n) is 8.72. The molecule has 2 heterocycles.